The summed E-state index contributed by atoms with van der Waals surface area (Å²) in [4.78, 5) is 6.08. The smallest absolute Gasteiger partial charge is 0.198 e. The first-order valence-electron chi connectivity index (χ1n) is 8.78. The van der Waals surface area contributed by atoms with Crippen LogP contribution in [0.4, 0.5) is 0 Å². The first-order chi connectivity index (χ1) is 11.9. The highest BCUT2D eigenvalue weighted by atomic mass is 32.1. The number of nitrogens with zero attached hydrogens (tertiary/aromatic N) is 1. The Kier molecular flexibility index (Phi) is 3.92. The van der Waals surface area contributed by atoms with Crippen molar-refractivity contribution in [2.75, 3.05) is 0 Å². The molecule has 0 saturated heterocycles. The Bertz CT molecular complexity index is 1000. The molecule has 4 rings (SSSR count). The second-order valence-corrected chi connectivity index (χ2v) is 8.94. The summed E-state index contributed by atoms with van der Waals surface area (Å²) >= 11 is 1.91. The minimum Gasteiger partial charge on any atom is -0.440 e. The van der Waals surface area contributed by atoms with Gasteiger partial charge in [-0.05, 0) is 47.1 Å². The molecule has 2 aromatic carbocycles. The van der Waals surface area contributed by atoms with Crippen LogP contribution >= 0.6 is 11.3 Å². The fourth-order valence-electron chi connectivity index (χ4n) is 3.11. The molecule has 0 amide bonds. The van der Waals surface area contributed by atoms with Crippen LogP contribution in [0.15, 0.2) is 52.9 Å². The molecule has 0 aliphatic heterocycles. The van der Waals surface area contributed by atoms with E-state index >= 15 is 0 Å². The zero-order valence-corrected chi connectivity index (χ0v) is 16.0. The summed E-state index contributed by atoms with van der Waals surface area (Å²) in [5.74, 6) is 1.08. The summed E-state index contributed by atoms with van der Waals surface area (Å²) < 4.78 is 7.30. The number of para-hydroxylation sites is 2. The van der Waals surface area contributed by atoms with Crippen LogP contribution in [-0.2, 0) is 11.8 Å². The average Bonchev–Trinajstić information content (AvgIpc) is 3.18. The maximum absolute atomic E-state index is 5.93. The van der Waals surface area contributed by atoms with Gasteiger partial charge in [0.05, 0.1) is 0 Å². The topological polar surface area (TPSA) is 26.0 Å². The Hall–Kier alpha value is -2.13. The van der Waals surface area contributed by atoms with E-state index in [1.165, 1.54) is 20.5 Å². The summed E-state index contributed by atoms with van der Waals surface area (Å²) in [5.41, 5.74) is 3.35. The van der Waals surface area contributed by atoms with Gasteiger partial charge in [0, 0.05) is 15.5 Å². The van der Waals surface area contributed by atoms with Gasteiger partial charge in [0.15, 0.2) is 11.5 Å². The van der Waals surface area contributed by atoms with Crippen LogP contribution in [0.3, 0.4) is 0 Å². The number of hydrogen-bond donors (Lipinski definition) is 0. The first-order valence-corrected chi connectivity index (χ1v) is 9.60. The molecule has 0 fully saturated rings. The average molecular weight is 349 g/mol. The van der Waals surface area contributed by atoms with Gasteiger partial charge in [0.1, 0.15) is 5.52 Å². The van der Waals surface area contributed by atoms with Crippen molar-refractivity contribution in [3.63, 3.8) is 0 Å². The molecule has 1 unspecified atom stereocenters. The second-order valence-electron chi connectivity index (χ2n) is 7.86. The Morgan fingerprint density at radius 1 is 1.08 bits per heavy atom. The number of oxazole rings is 1. The highest BCUT2D eigenvalue weighted by Gasteiger charge is 2.18. The van der Waals surface area contributed by atoms with Gasteiger partial charge in [0.25, 0.3) is 0 Å². The summed E-state index contributed by atoms with van der Waals surface area (Å²) in [6.07, 6.45) is 0.936. The summed E-state index contributed by atoms with van der Waals surface area (Å²) in [6.45, 7) is 9.00. The third-order valence-corrected chi connectivity index (χ3v) is 6.12. The molecule has 0 radical (unpaired) electrons. The largest absolute Gasteiger partial charge is 0.440 e. The fraction of sp³-hybridized carbons (Fsp3) is 0.318. The predicted molar refractivity (Wildman–Crippen MR) is 107 cm³/mol. The van der Waals surface area contributed by atoms with Crippen LogP contribution in [0.25, 0.3) is 21.2 Å². The molecule has 25 heavy (non-hydrogen) atoms. The van der Waals surface area contributed by atoms with Crippen molar-refractivity contribution < 1.29 is 4.42 Å². The molecule has 2 aromatic heterocycles. The van der Waals surface area contributed by atoms with E-state index in [0.717, 1.165) is 23.4 Å². The van der Waals surface area contributed by atoms with Crippen LogP contribution in [0.5, 0.6) is 0 Å². The summed E-state index contributed by atoms with van der Waals surface area (Å²) in [5, 5.41) is 1.34. The molecule has 2 heterocycles. The SMILES string of the molecule is CC(Cc1ccc2cc(C(C)(C)C)sc2c1)c1nc2ccccc2o1. The molecule has 1 atom stereocenters. The lowest BCUT2D eigenvalue weighted by Gasteiger charge is -2.14. The normalized spacial score (nSPS) is 13.6. The van der Waals surface area contributed by atoms with Crippen molar-refractivity contribution in [3.8, 4) is 0 Å². The van der Waals surface area contributed by atoms with Gasteiger partial charge in [-0.3, -0.25) is 0 Å². The quantitative estimate of drug-likeness (QED) is 0.412. The Labute approximate surface area is 152 Å². The van der Waals surface area contributed by atoms with E-state index in [-0.39, 0.29) is 11.3 Å². The van der Waals surface area contributed by atoms with Crippen molar-refractivity contribution in [2.45, 2.75) is 45.4 Å². The highest BCUT2D eigenvalue weighted by Crippen LogP contribution is 2.35. The molecule has 3 heteroatoms. The number of fused-ring (bicyclic) bond motifs is 2. The molecule has 0 N–H and O–H groups in total. The summed E-state index contributed by atoms with van der Waals surface area (Å²) in [7, 11) is 0. The lowest BCUT2D eigenvalue weighted by atomic mass is 9.94. The molecule has 0 spiro atoms. The van der Waals surface area contributed by atoms with Crippen LogP contribution in [-0.4, -0.2) is 4.98 Å². The third kappa shape index (κ3) is 3.21. The number of rotatable bonds is 3. The van der Waals surface area contributed by atoms with E-state index in [2.05, 4.69) is 56.9 Å². The van der Waals surface area contributed by atoms with Crippen molar-refractivity contribution >= 4 is 32.5 Å². The van der Waals surface area contributed by atoms with E-state index in [4.69, 9.17) is 4.42 Å². The van der Waals surface area contributed by atoms with Gasteiger partial charge in [-0.2, -0.15) is 0 Å². The van der Waals surface area contributed by atoms with Gasteiger partial charge >= 0.3 is 0 Å². The molecule has 2 nitrogen and oxygen atoms in total. The first kappa shape index (κ1) is 16.3. The lowest BCUT2D eigenvalue weighted by molar-refractivity contribution is 0.484. The molecule has 0 saturated carbocycles. The Morgan fingerprint density at radius 3 is 2.64 bits per heavy atom. The monoisotopic (exact) mass is 349 g/mol. The van der Waals surface area contributed by atoms with Crippen LogP contribution in [0.2, 0.25) is 0 Å². The number of benzene rings is 2. The third-order valence-electron chi connectivity index (χ3n) is 4.60. The minimum absolute atomic E-state index is 0.204. The summed E-state index contributed by atoms with van der Waals surface area (Å²) in [6, 6.07) is 17.1. The number of thiophene rings is 1. The number of aromatic nitrogens is 1. The molecule has 128 valence electrons. The maximum Gasteiger partial charge on any atom is 0.198 e. The van der Waals surface area contributed by atoms with E-state index in [9.17, 15) is 0 Å². The van der Waals surface area contributed by atoms with Crippen molar-refractivity contribution in [1.29, 1.82) is 0 Å². The predicted octanol–water partition coefficient (Wildman–Crippen LogP) is 6.69. The standard InChI is InChI=1S/C22H23NOS/c1-14(21-23-17-7-5-6-8-18(17)24-21)11-15-9-10-16-13-20(22(2,3)4)25-19(16)12-15/h5-10,12-14H,11H2,1-4H3. The van der Waals surface area contributed by atoms with Crippen LogP contribution < -0.4 is 0 Å². The Balaban J connectivity index is 1.61. The maximum atomic E-state index is 5.93. The molecule has 0 aliphatic rings. The van der Waals surface area contributed by atoms with E-state index in [1.54, 1.807) is 0 Å². The van der Waals surface area contributed by atoms with Gasteiger partial charge in [-0.1, -0.05) is 52.0 Å². The lowest BCUT2D eigenvalue weighted by Crippen LogP contribution is -2.07. The van der Waals surface area contributed by atoms with Gasteiger partial charge in [0.2, 0.25) is 0 Å². The van der Waals surface area contributed by atoms with Crippen molar-refractivity contribution in [1.82, 2.24) is 4.98 Å². The van der Waals surface area contributed by atoms with Gasteiger partial charge < -0.3 is 4.42 Å². The van der Waals surface area contributed by atoms with E-state index in [0.29, 0.717) is 0 Å². The van der Waals surface area contributed by atoms with Crippen molar-refractivity contribution in [3.05, 3.63) is 64.9 Å². The van der Waals surface area contributed by atoms with Gasteiger partial charge in [-0.15, -0.1) is 11.3 Å². The molecule has 4 aromatic rings. The number of hydrogen-bond acceptors (Lipinski definition) is 3. The van der Waals surface area contributed by atoms with Crippen molar-refractivity contribution in [2.24, 2.45) is 0 Å². The molecule has 0 bridgehead atoms. The van der Waals surface area contributed by atoms with Crippen LogP contribution in [0.1, 0.15) is 49.9 Å². The second kappa shape index (κ2) is 5.99. The molecular weight excluding hydrogens is 326 g/mol. The molecular formula is C22H23NOS. The fourth-order valence-corrected chi connectivity index (χ4v) is 4.30. The zero-order chi connectivity index (χ0) is 17.6. The molecule has 0 aliphatic carbocycles. The van der Waals surface area contributed by atoms with E-state index in [1.807, 2.05) is 35.6 Å². The zero-order valence-electron chi connectivity index (χ0n) is 15.2. The highest BCUT2D eigenvalue weighted by molar-refractivity contribution is 7.19. The van der Waals surface area contributed by atoms with Gasteiger partial charge in [-0.25, -0.2) is 4.98 Å². The van der Waals surface area contributed by atoms with Crippen LogP contribution in [0, 0.1) is 0 Å². The Morgan fingerprint density at radius 2 is 1.88 bits per heavy atom. The van der Waals surface area contributed by atoms with E-state index < -0.39 is 0 Å². The minimum atomic E-state index is 0.204.